The Labute approximate surface area is 163 Å². The SMILES string of the molecule is O=C(Cn1cccc(C(F)(F)F)c1=O)Nc1cccc(C(=O)c2ccccc2)c1. The van der Waals surface area contributed by atoms with E-state index in [9.17, 15) is 27.6 Å². The molecule has 148 valence electrons. The molecule has 8 heteroatoms. The van der Waals surface area contributed by atoms with Crippen molar-refractivity contribution in [1.29, 1.82) is 0 Å². The highest BCUT2D eigenvalue weighted by Crippen LogP contribution is 2.26. The molecule has 3 rings (SSSR count). The number of ketones is 1. The highest BCUT2D eigenvalue weighted by atomic mass is 19.4. The summed E-state index contributed by atoms with van der Waals surface area (Å²) >= 11 is 0. The maximum atomic E-state index is 12.8. The Morgan fingerprint density at radius 1 is 0.897 bits per heavy atom. The monoisotopic (exact) mass is 400 g/mol. The van der Waals surface area contributed by atoms with Gasteiger partial charge in [-0.3, -0.25) is 14.4 Å². The molecule has 0 fully saturated rings. The molecule has 0 saturated heterocycles. The Bertz CT molecular complexity index is 1110. The van der Waals surface area contributed by atoms with Crippen LogP contribution in [0.1, 0.15) is 21.5 Å². The predicted molar refractivity (Wildman–Crippen MR) is 101 cm³/mol. The van der Waals surface area contributed by atoms with Gasteiger partial charge < -0.3 is 9.88 Å². The van der Waals surface area contributed by atoms with E-state index in [2.05, 4.69) is 5.32 Å². The standard InChI is InChI=1S/C21H15F3N2O3/c22-21(23,24)17-10-5-11-26(20(17)29)13-18(27)25-16-9-4-8-15(12-16)19(28)14-6-2-1-3-7-14/h1-12H,13H2,(H,25,27). The van der Waals surface area contributed by atoms with Gasteiger partial charge in [0.05, 0.1) is 0 Å². The number of aromatic nitrogens is 1. The zero-order valence-corrected chi connectivity index (χ0v) is 14.9. The molecule has 5 nitrogen and oxygen atoms in total. The van der Waals surface area contributed by atoms with Crippen LogP contribution >= 0.6 is 0 Å². The fourth-order valence-electron chi connectivity index (χ4n) is 2.73. The van der Waals surface area contributed by atoms with E-state index in [1.807, 2.05) is 0 Å². The number of halogens is 3. The summed E-state index contributed by atoms with van der Waals surface area (Å²) in [5.74, 6) is -0.938. The normalized spacial score (nSPS) is 11.1. The molecule has 0 saturated carbocycles. The van der Waals surface area contributed by atoms with E-state index in [1.165, 1.54) is 12.1 Å². The molecular formula is C21H15F3N2O3. The lowest BCUT2D eigenvalue weighted by atomic mass is 10.0. The van der Waals surface area contributed by atoms with Crippen molar-refractivity contribution in [2.75, 3.05) is 5.32 Å². The topological polar surface area (TPSA) is 68.2 Å². The molecule has 0 unspecified atom stereocenters. The summed E-state index contributed by atoms with van der Waals surface area (Å²) in [6, 6.07) is 16.4. The molecule has 1 aromatic heterocycles. The van der Waals surface area contributed by atoms with Crippen LogP contribution in [0.15, 0.2) is 77.7 Å². The number of hydrogen-bond acceptors (Lipinski definition) is 3. The summed E-state index contributed by atoms with van der Waals surface area (Å²) in [4.78, 5) is 36.6. The number of rotatable bonds is 5. The maximum Gasteiger partial charge on any atom is 0.421 e. The van der Waals surface area contributed by atoms with Crippen molar-refractivity contribution < 1.29 is 22.8 Å². The van der Waals surface area contributed by atoms with Gasteiger partial charge in [0.25, 0.3) is 5.56 Å². The van der Waals surface area contributed by atoms with E-state index < -0.39 is 29.8 Å². The molecule has 29 heavy (non-hydrogen) atoms. The van der Waals surface area contributed by atoms with Crippen molar-refractivity contribution in [3.8, 4) is 0 Å². The van der Waals surface area contributed by atoms with E-state index in [0.29, 0.717) is 21.8 Å². The highest BCUT2D eigenvalue weighted by Gasteiger charge is 2.34. The summed E-state index contributed by atoms with van der Waals surface area (Å²) in [5, 5.41) is 2.49. The highest BCUT2D eigenvalue weighted by molar-refractivity contribution is 6.09. The second kappa shape index (κ2) is 8.14. The van der Waals surface area contributed by atoms with Gasteiger partial charge in [-0.1, -0.05) is 42.5 Å². The largest absolute Gasteiger partial charge is 0.421 e. The van der Waals surface area contributed by atoms with Gasteiger partial charge in [-0.25, -0.2) is 0 Å². The number of alkyl halides is 3. The van der Waals surface area contributed by atoms with Gasteiger partial charge in [-0.15, -0.1) is 0 Å². The number of hydrogen-bond donors (Lipinski definition) is 1. The number of pyridine rings is 1. The number of anilines is 1. The lowest BCUT2D eigenvalue weighted by Crippen LogP contribution is -2.31. The third-order valence-corrected chi connectivity index (χ3v) is 4.08. The molecule has 1 amide bonds. The maximum absolute atomic E-state index is 12.8. The van der Waals surface area contributed by atoms with E-state index >= 15 is 0 Å². The van der Waals surface area contributed by atoms with Gasteiger partial charge >= 0.3 is 6.18 Å². The van der Waals surface area contributed by atoms with Crippen LogP contribution in [0.5, 0.6) is 0 Å². The first kappa shape index (κ1) is 20.1. The van der Waals surface area contributed by atoms with Crippen LogP contribution in [0.2, 0.25) is 0 Å². The minimum absolute atomic E-state index is 0.240. The minimum atomic E-state index is -4.80. The van der Waals surface area contributed by atoms with Crippen molar-refractivity contribution in [2.45, 2.75) is 12.7 Å². The minimum Gasteiger partial charge on any atom is -0.325 e. The molecule has 0 bridgehead atoms. The van der Waals surface area contributed by atoms with Crippen LogP contribution in [0, 0.1) is 0 Å². The van der Waals surface area contributed by atoms with Gasteiger partial charge in [0, 0.05) is 23.0 Å². The average Bonchev–Trinajstić information content (AvgIpc) is 2.69. The molecule has 3 aromatic rings. The Kier molecular flexibility index (Phi) is 5.63. The zero-order valence-electron chi connectivity index (χ0n) is 14.9. The van der Waals surface area contributed by atoms with Crippen molar-refractivity contribution in [2.24, 2.45) is 0 Å². The third kappa shape index (κ3) is 4.78. The van der Waals surface area contributed by atoms with Gasteiger partial charge in [0.15, 0.2) is 5.78 Å². The Balaban J connectivity index is 1.76. The summed E-state index contributed by atoms with van der Waals surface area (Å²) in [5.41, 5.74) is -1.54. The molecule has 0 aliphatic heterocycles. The van der Waals surface area contributed by atoms with Gasteiger partial charge in [0.1, 0.15) is 12.1 Å². The predicted octanol–water partition coefficient (Wildman–Crippen LogP) is 3.74. The quantitative estimate of drug-likeness (QED) is 0.664. The van der Waals surface area contributed by atoms with E-state index in [-0.39, 0.29) is 11.5 Å². The molecule has 2 aromatic carbocycles. The van der Waals surface area contributed by atoms with Crippen LogP contribution in [0.3, 0.4) is 0 Å². The van der Waals surface area contributed by atoms with Crippen molar-refractivity contribution in [3.63, 3.8) is 0 Å². The van der Waals surface area contributed by atoms with E-state index in [4.69, 9.17) is 0 Å². The first-order valence-electron chi connectivity index (χ1n) is 8.52. The first-order chi connectivity index (χ1) is 13.8. The number of amides is 1. The van der Waals surface area contributed by atoms with Crippen LogP contribution in [-0.4, -0.2) is 16.3 Å². The van der Waals surface area contributed by atoms with Crippen molar-refractivity contribution >= 4 is 17.4 Å². The Morgan fingerprint density at radius 2 is 1.59 bits per heavy atom. The third-order valence-electron chi connectivity index (χ3n) is 4.08. The van der Waals surface area contributed by atoms with Gasteiger partial charge in [0.2, 0.25) is 5.91 Å². The fourth-order valence-corrected chi connectivity index (χ4v) is 2.73. The molecule has 0 spiro atoms. The summed E-state index contributed by atoms with van der Waals surface area (Å²) in [6.45, 7) is -0.598. The number of carbonyl (C=O) groups is 2. The average molecular weight is 400 g/mol. The first-order valence-corrected chi connectivity index (χ1v) is 8.52. The van der Waals surface area contributed by atoms with Crippen molar-refractivity contribution in [1.82, 2.24) is 4.57 Å². The molecule has 1 N–H and O–H groups in total. The lowest BCUT2D eigenvalue weighted by molar-refractivity contribution is -0.139. The van der Waals surface area contributed by atoms with Gasteiger partial charge in [-0.2, -0.15) is 13.2 Å². The second-order valence-electron chi connectivity index (χ2n) is 6.18. The van der Waals surface area contributed by atoms with Crippen molar-refractivity contribution in [3.05, 3.63) is 100.0 Å². The number of nitrogens with zero attached hydrogens (tertiary/aromatic N) is 1. The smallest absolute Gasteiger partial charge is 0.325 e. The number of nitrogens with one attached hydrogen (secondary N) is 1. The molecule has 0 aliphatic rings. The number of benzene rings is 2. The van der Waals surface area contributed by atoms with E-state index in [1.54, 1.807) is 42.5 Å². The van der Waals surface area contributed by atoms with Crippen LogP contribution in [0.4, 0.5) is 18.9 Å². The molecular weight excluding hydrogens is 385 g/mol. The number of carbonyl (C=O) groups excluding carboxylic acids is 2. The summed E-state index contributed by atoms with van der Waals surface area (Å²) < 4.78 is 39.2. The molecule has 0 atom stereocenters. The molecule has 0 aliphatic carbocycles. The lowest BCUT2D eigenvalue weighted by Gasteiger charge is -2.11. The molecule has 1 heterocycles. The van der Waals surface area contributed by atoms with Gasteiger partial charge in [-0.05, 0) is 24.3 Å². The zero-order chi connectivity index (χ0) is 21.0. The van der Waals surface area contributed by atoms with Crippen LogP contribution in [0.25, 0.3) is 0 Å². The second-order valence-corrected chi connectivity index (χ2v) is 6.18. The Hall–Kier alpha value is -3.68. The summed E-state index contributed by atoms with van der Waals surface area (Å²) in [7, 11) is 0. The fraction of sp³-hybridized carbons (Fsp3) is 0.0952. The molecule has 0 radical (unpaired) electrons. The summed E-state index contributed by atoms with van der Waals surface area (Å²) in [6.07, 6.45) is -3.70. The Morgan fingerprint density at radius 3 is 2.28 bits per heavy atom. The van der Waals surface area contributed by atoms with Crippen LogP contribution < -0.4 is 10.9 Å². The van der Waals surface area contributed by atoms with E-state index in [0.717, 1.165) is 12.3 Å². The van der Waals surface area contributed by atoms with Crippen LogP contribution in [-0.2, 0) is 17.5 Å².